The minimum atomic E-state index is -0.703. The lowest BCUT2D eigenvalue weighted by Gasteiger charge is -2.42. The van der Waals surface area contributed by atoms with Gasteiger partial charge in [-0.1, -0.05) is 31.5 Å². The van der Waals surface area contributed by atoms with Crippen LogP contribution in [0.2, 0.25) is 5.02 Å². The van der Waals surface area contributed by atoms with Gasteiger partial charge in [-0.3, -0.25) is 9.59 Å². The lowest BCUT2D eigenvalue weighted by molar-refractivity contribution is -0.148. The lowest BCUT2D eigenvalue weighted by atomic mass is 9.92. The van der Waals surface area contributed by atoms with E-state index < -0.39 is 29.6 Å². The van der Waals surface area contributed by atoms with Crippen molar-refractivity contribution in [2.75, 3.05) is 40.5 Å². The summed E-state index contributed by atoms with van der Waals surface area (Å²) in [5, 5.41) is 0.519. The van der Waals surface area contributed by atoms with Gasteiger partial charge in [-0.05, 0) is 58.1 Å². The second-order valence-electron chi connectivity index (χ2n) is 11.7. The number of rotatable bonds is 10. The number of carbonyl (C=O) groups is 3. The van der Waals surface area contributed by atoms with E-state index in [0.717, 1.165) is 12.8 Å². The number of unbranched alkanes of at least 4 members (excludes halogenated alkanes) is 1. The Kier molecular flexibility index (Phi) is 10.8. The number of hydrogen-bond donors (Lipinski definition) is 0. The predicted octanol–water partition coefficient (Wildman–Crippen LogP) is 5.01. The first-order chi connectivity index (χ1) is 18.9. The molecule has 1 aliphatic rings. The van der Waals surface area contributed by atoms with Crippen LogP contribution in [0.1, 0.15) is 64.5 Å². The van der Waals surface area contributed by atoms with Gasteiger partial charge < -0.3 is 28.6 Å². The van der Waals surface area contributed by atoms with Crippen LogP contribution in [0.4, 0.5) is 4.79 Å². The molecule has 0 spiro atoms. The van der Waals surface area contributed by atoms with Gasteiger partial charge in [0.1, 0.15) is 5.60 Å². The smallest absolute Gasteiger partial charge is 0.410 e. The fourth-order valence-corrected chi connectivity index (χ4v) is 5.34. The molecule has 10 nitrogen and oxygen atoms in total. The Morgan fingerprint density at radius 1 is 1.15 bits per heavy atom. The van der Waals surface area contributed by atoms with Crippen LogP contribution in [-0.2, 0) is 25.5 Å². The summed E-state index contributed by atoms with van der Waals surface area (Å²) in [5.74, 6) is -0.883. The van der Waals surface area contributed by atoms with Crippen LogP contribution in [0.15, 0.2) is 18.2 Å². The van der Waals surface area contributed by atoms with Gasteiger partial charge in [0, 0.05) is 39.9 Å². The summed E-state index contributed by atoms with van der Waals surface area (Å²) in [5.41, 5.74) is 0.644. The van der Waals surface area contributed by atoms with Gasteiger partial charge in [0.15, 0.2) is 5.82 Å². The van der Waals surface area contributed by atoms with Crippen LogP contribution in [-0.4, -0.2) is 89.4 Å². The highest BCUT2D eigenvalue weighted by Gasteiger charge is 2.41. The number of carbonyl (C=O) groups excluding carboxylic acids is 3. The molecule has 1 aliphatic heterocycles. The van der Waals surface area contributed by atoms with Gasteiger partial charge in [-0.25, -0.2) is 9.78 Å². The normalized spacial score (nSPS) is 17.8. The first-order valence-electron chi connectivity index (χ1n) is 13.9. The van der Waals surface area contributed by atoms with Crippen molar-refractivity contribution in [3.05, 3.63) is 29.0 Å². The molecule has 0 saturated carbocycles. The Bertz CT molecular complexity index is 1190. The fourth-order valence-electron chi connectivity index (χ4n) is 5.07. The maximum atomic E-state index is 14.3. The molecule has 1 unspecified atom stereocenters. The number of ether oxygens (including phenoxy) is 3. The van der Waals surface area contributed by atoms with E-state index >= 15 is 0 Å². The van der Waals surface area contributed by atoms with Crippen molar-refractivity contribution in [1.82, 2.24) is 19.4 Å². The van der Waals surface area contributed by atoms with Crippen molar-refractivity contribution in [2.45, 2.75) is 72.1 Å². The zero-order chi connectivity index (χ0) is 29.6. The number of amides is 2. The zero-order valence-electron chi connectivity index (χ0n) is 24.7. The second-order valence-corrected chi connectivity index (χ2v) is 12.1. The number of aryl methyl sites for hydroxylation is 1. The number of para-hydroxylation sites is 1. The molecule has 0 aliphatic carbocycles. The Labute approximate surface area is 241 Å². The molecule has 40 heavy (non-hydrogen) atoms. The van der Waals surface area contributed by atoms with Crippen LogP contribution in [0.3, 0.4) is 0 Å². The van der Waals surface area contributed by atoms with Crippen LogP contribution in [0.25, 0.3) is 11.0 Å². The number of benzene rings is 1. The zero-order valence-corrected chi connectivity index (χ0v) is 25.5. The Morgan fingerprint density at radius 2 is 1.88 bits per heavy atom. The van der Waals surface area contributed by atoms with Crippen LogP contribution >= 0.6 is 11.6 Å². The van der Waals surface area contributed by atoms with Crippen molar-refractivity contribution in [3.8, 4) is 0 Å². The second kappa shape index (κ2) is 13.7. The molecule has 0 radical (unpaired) electrons. The molecule has 222 valence electrons. The molecule has 1 fully saturated rings. The number of hydrogen-bond acceptors (Lipinski definition) is 7. The molecule has 3 rings (SSSR count). The molecular formula is C29H43ClN4O6. The quantitative estimate of drug-likeness (QED) is 0.288. The van der Waals surface area contributed by atoms with Crippen LogP contribution in [0.5, 0.6) is 0 Å². The van der Waals surface area contributed by atoms with E-state index in [9.17, 15) is 14.4 Å². The monoisotopic (exact) mass is 578 g/mol. The third-order valence-corrected chi connectivity index (χ3v) is 7.07. The number of esters is 1. The predicted molar refractivity (Wildman–Crippen MR) is 153 cm³/mol. The van der Waals surface area contributed by atoms with Gasteiger partial charge >= 0.3 is 12.1 Å². The van der Waals surface area contributed by atoms with E-state index in [-0.39, 0.29) is 30.7 Å². The van der Waals surface area contributed by atoms with Gasteiger partial charge in [0.25, 0.3) is 5.91 Å². The number of piperidine rings is 1. The summed E-state index contributed by atoms with van der Waals surface area (Å²) < 4.78 is 17.8. The minimum absolute atomic E-state index is 0.126. The molecule has 2 amide bonds. The third-order valence-electron chi connectivity index (χ3n) is 6.77. The van der Waals surface area contributed by atoms with Crippen molar-refractivity contribution in [2.24, 2.45) is 11.8 Å². The van der Waals surface area contributed by atoms with Gasteiger partial charge in [0.2, 0.25) is 0 Å². The fraction of sp³-hybridized carbons (Fsp3) is 0.655. The molecule has 2 aromatic rings. The molecule has 11 heteroatoms. The third kappa shape index (κ3) is 7.87. The Hall–Kier alpha value is -2.85. The maximum absolute atomic E-state index is 14.3. The first kappa shape index (κ1) is 31.7. The van der Waals surface area contributed by atoms with Crippen molar-refractivity contribution in [3.63, 3.8) is 0 Å². The van der Waals surface area contributed by atoms with Gasteiger partial charge in [-0.2, -0.15) is 0 Å². The first-order valence-corrected chi connectivity index (χ1v) is 14.2. The summed E-state index contributed by atoms with van der Waals surface area (Å²) >= 11 is 6.59. The molecule has 0 bridgehead atoms. The van der Waals surface area contributed by atoms with Crippen molar-refractivity contribution < 1.29 is 28.6 Å². The van der Waals surface area contributed by atoms with E-state index in [0.29, 0.717) is 42.2 Å². The van der Waals surface area contributed by atoms with E-state index in [2.05, 4.69) is 0 Å². The van der Waals surface area contributed by atoms with Crippen LogP contribution < -0.4 is 0 Å². The molecule has 1 aromatic carbocycles. The standard InChI is InChI=1S/C29H43ClN4O6/c1-19(2)16-34(21-15-20(27(36)39-7)17-32(18-21)28(37)40-29(3,4)5)26(35)25-31-23-12-10-11-22(30)24(23)33(25)13-8-9-14-38-6/h10-12,19-21H,8-9,13-18H2,1-7H3/t20?,21-/m0/s1. The summed E-state index contributed by atoms with van der Waals surface area (Å²) in [6.07, 6.45) is 1.42. The van der Waals surface area contributed by atoms with E-state index in [1.54, 1.807) is 38.8 Å². The Balaban J connectivity index is 2.02. The van der Waals surface area contributed by atoms with Crippen LogP contribution in [0, 0.1) is 11.8 Å². The summed E-state index contributed by atoms with van der Waals surface area (Å²) in [7, 11) is 2.99. The number of nitrogens with zero attached hydrogens (tertiary/aromatic N) is 4. The maximum Gasteiger partial charge on any atom is 0.410 e. The van der Waals surface area contributed by atoms with E-state index in [1.165, 1.54) is 12.0 Å². The number of imidazole rings is 1. The number of methoxy groups -OCH3 is 2. The van der Waals surface area contributed by atoms with Crippen molar-refractivity contribution >= 4 is 40.6 Å². The molecule has 2 atom stereocenters. The number of likely N-dealkylation sites (tertiary alicyclic amines) is 1. The molecule has 0 N–H and O–H groups in total. The molecule has 2 heterocycles. The summed E-state index contributed by atoms with van der Waals surface area (Å²) in [6.45, 7) is 11.4. The molecule has 1 aromatic heterocycles. The van der Waals surface area contributed by atoms with Crippen molar-refractivity contribution in [1.29, 1.82) is 0 Å². The highest BCUT2D eigenvalue weighted by molar-refractivity contribution is 6.35. The number of fused-ring (bicyclic) bond motifs is 1. The average molecular weight is 579 g/mol. The van der Waals surface area contributed by atoms with E-state index in [4.69, 9.17) is 30.8 Å². The number of aromatic nitrogens is 2. The number of halogens is 1. The SMILES string of the molecule is COCCCCn1c(C(=O)N(CC(C)C)[C@H]2CC(C(=O)OC)CN(C(=O)OC(C)(C)C)C2)nc2cccc(Cl)c21. The van der Waals surface area contributed by atoms with Gasteiger partial charge in [0.05, 0.1) is 35.1 Å². The summed E-state index contributed by atoms with van der Waals surface area (Å²) in [6, 6.07) is 5.00. The largest absolute Gasteiger partial charge is 0.469 e. The topological polar surface area (TPSA) is 103 Å². The molecule has 1 saturated heterocycles. The highest BCUT2D eigenvalue weighted by atomic mass is 35.5. The van der Waals surface area contributed by atoms with Gasteiger partial charge in [-0.15, -0.1) is 0 Å². The minimum Gasteiger partial charge on any atom is -0.469 e. The Morgan fingerprint density at radius 3 is 2.50 bits per heavy atom. The highest BCUT2D eigenvalue weighted by Crippen LogP contribution is 2.29. The lowest BCUT2D eigenvalue weighted by Crippen LogP contribution is -2.57. The summed E-state index contributed by atoms with van der Waals surface area (Å²) in [4.78, 5) is 48.1. The van der Waals surface area contributed by atoms with E-state index in [1.807, 2.05) is 30.5 Å². The average Bonchev–Trinajstić information content (AvgIpc) is 3.27. The molecular weight excluding hydrogens is 536 g/mol.